The van der Waals surface area contributed by atoms with Gasteiger partial charge in [0.1, 0.15) is 24.0 Å². The number of nitrogens with zero attached hydrogens (tertiary/aromatic N) is 4. The number of H-pyrrole nitrogens is 1. The van der Waals surface area contributed by atoms with Gasteiger partial charge in [-0.25, -0.2) is 8.78 Å². The average Bonchev–Trinajstić information content (AvgIpc) is 3.21. The van der Waals surface area contributed by atoms with Gasteiger partial charge >= 0.3 is 0 Å². The Morgan fingerprint density at radius 1 is 1.10 bits per heavy atom. The minimum absolute atomic E-state index is 0.00547. The van der Waals surface area contributed by atoms with Gasteiger partial charge in [0.2, 0.25) is 11.8 Å². The van der Waals surface area contributed by atoms with Gasteiger partial charge in [0, 0.05) is 42.9 Å². The summed E-state index contributed by atoms with van der Waals surface area (Å²) in [6.45, 7) is 6.09. The topological polar surface area (TPSA) is 78.6 Å². The molecule has 0 saturated carbocycles. The van der Waals surface area contributed by atoms with Gasteiger partial charge in [-0.3, -0.25) is 4.90 Å². The second kappa shape index (κ2) is 10.5. The van der Waals surface area contributed by atoms with E-state index in [1.165, 1.54) is 18.2 Å². The van der Waals surface area contributed by atoms with Crippen molar-refractivity contribution in [3.63, 3.8) is 0 Å². The molecular formula is C30H27F2N5O2. The van der Waals surface area contributed by atoms with Crippen molar-refractivity contribution >= 4 is 22.7 Å². The van der Waals surface area contributed by atoms with Gasteiger partial charge in [0.15, 0.2) is 0 Å². The molecule has 2 aliphatic heterocycles. The molecule has 1 atom stereocenters. The van der Waals surface area contributed by atoms with E-state index < -0.39 is 5.82 Å². The fourth-order valence-corrected chi connectivity index (χ4v) is 5.48. The molecule has 198 valence electrons. The molecule has 3 heterocycles. The molecule has 1 saturated heterocycles. The molecule has 0 unspecified atom stereocenters. The first-order valence-electron chi connectivity index (χ1n) is 12.9. The minimum atomic E-state index is -0.420. The van der Waals surface area contributed by atoms with Crippen molar-refractivity contribution in [2.45, 2.75) is 19.6 Å². The number of benzene rings is 3. The van der Waals surface area contributed by atoms with Crippen LogP contribution in [0.3, 0.4) is 0 Å². The molecule has 6 rings (SSSR count). The Kier molecular flexibility index (Phi) is 6.73. The van der Waals surface area contributed by atoms with Gasteiger partial charge in [0.25, 0.3) is 0 Å². The van der Waals surface area contributed by atoms with E-state index in [1.54, 1.807) is 12.1 Å². The van der Waals surface area contributed by atoms with Crippen molar-refractivity contribution in [3.8, 4) is 11.9 Å². The van der Waals surface area contributed by atoms with Gasteiger partial charge < -0.3 is 19.0 Å². The number of hydrogen-bond acceptors (Lipinski definition) is 5. The van der Waals surface area contributed by atoms with E-state index in [0.29, 0.717) is 41.3 Å². The first-order valence-corrected chi connectivity index (χ1v) is 12.9. The zero-order valence-electron chi connectivity index (χ0n) is 21.5. The van der Waals surface area contributed by atoms with Crippen LogP contribution in [0.5, 0.6) is 5.75 Å². The molecule has 3 aromatic carbocycles. The predicted octanol–water partition coefficient (Wildman–Crippen LogP) is 5.00. The molecule has 1 N–H and O–H groups in total. The maximum Gasteiger partial charge on any atom is 0.219 e. The van der Waals surface area contributed by atoms with Crippen LogP contribution in [-0.4, -0.2) is 47.3 Å². The third-order valence-electron chi connectivity index (χ3n) is 7.30. The van der Waals surface area contributed by atoms with Crippen molar-refractivity contribution in [1.29, 1.82) is 5.26 Å². The van der Waals surface area contributed by atoms with E-state index in [0.717, 1.165) is 41.8 Å². The lowest BCUT2D eigenvalue weighted by Crippen LogP contribution is -2.40. The highest BCUT2D eigenvalue weighted by Crippen LogP contribution is 2.39. The van der Waals surface area contributed by atoms with Crippen LogP contribution in [0.15, 0.2) is 59.6 Å². The summed E-state index contributed by atoms with van der Waals surface area (Å²) in [7, 11) is 0. The summed E-state index contributed by atoms with van der Waals surface area (Å²) < 4.78 is 42.2. The second-order valence-electron chi connectivity index (χ2n) is 9.82. The molecule has 9 heteroatoms. The fourth-order valence-electron chi connectivity index (χ4n) is 5.48. The Morgan fingerprint density at radius 3 is 2.77 bits per heavy atom. The summed E-state index contributed by atoms with van der Waals surface area (Å²) in [5.74, 6) is -0.427. The van der Waals surface area contributed by atoms with Gasteiger partial charge in [-0.05, 0) is 60.0 Å². The van der Waals surface area contributed by atoms with Crippen LogP contribution >= 0.6 is 0 Å². The van der Waals surface area contributed by atoms with Gasteiger partial charge in [-0.15, -0.1) is 4.99 Å². The number of hydrogen-bond donors (Lipinski definition) is 1. The molecule has 1 aromatic heterocycles. The number of halogens is 2. The molecule has 39 heavy (non-hydrogen) atoms. The van der Waals surface area contributed by atoms with Crippen molar-refractivity contribution in [1.82, 2.24) is 14.5 Å². The van der Waals surface area contributed by atoms with Crippen LogP contribution in [0.1, 0.15) is 35.2 Å². The molecule has 1 fully saturated rings. The molecule has 0 bridgehead atoms. The Bertz CT molecular complexity index is 1690. The standard InChI is InChI=1S/C30H27F2N5O2/c1-19(16-36-9-11-38-12-10-36)37-28-8-5-20(14-27(28)35-30(37)34-18-33)13-24-22-3-2-4-26(32)25(22)17-39-29-15-21(31)6-7-23(24)29/h2-8,13-15,19H,9-12,16-17H2,1H3,(H,34,35)/t19-/m1/s1. The number of aromatic nitrogens is 2. The van der Waals surface area contributed by atoms with Crippen molar-refractivity contribution in [3.05, 3.63) is 94.1 Å². The molecule has 0 spiro atoms. The van der Waals surface area contributed by atoms with Crippen LogP contribution in [0, 0.1) is 23.1 Å². The highest BCUT2D eigenvalue weighted by molar-refractivity contribution is 5.95. The Balaban J connectivity index is 1.46. The summed E-state index contributed by atoms with van der Waals surface area (Å²) >= 11 is 0. The predicted molar refractivity (Wildman–Crippen MR) is 144 cm³/mol. The second-order valence-corrected chi connectivity index (χ2v) is 9.82. The molecular weight excluding hydrogens is 500 g/mol. The van der Waals surface area contributed by atoms with Gasteiger partial charge in [-0.1, -0.05) is 18.2 Å². The SMILES string of the molecule is C[C@H](CN1CCOCC1)n1c(=NC#N)[nH]c2cc(C=C3c4ccc(F)cc4OCc4c(F)cccc43)ccc21. The number of rotatable bonds is 4. The van der Waals surface area contributed by atoms with Crippen molar-refractivity contribution < 1.29 is 18.3 Å². The molecule has 2 aliphatic rings. The number of nitrogens with one attached hydrogen (secondary N) is 1. The minimum Gasteiger partial charge on any atom is -0.488 e. The lowest BCUT2D eigenvalue weighted by Gasteiger charge is -2.29. The molecule has 0 radical (unpaired) electrons. The molecule has 0 aliphatic carbocycles. The fraction of sp³-hybridized carbons (Fsp3) is 0.267. The maximum atomic E-state index is 14.8. The first-order chi connectivity index (χ1) is 19.0. The molecule has 4 aromatic rings. The zero-order chi connectivity index (χ0) is 26.9. The number of imidazole rings is 1. The summed E-state index contributed by atoms with van der Waals surface area (Å²) in [5, 5.41) is 9.34. The largest absolute Gasteiger partial charge is 0.488 e. The van der Waals surface area contributed by atoms with E-state index in [4.69, 9.17) is 9.47 Å². The number of fused-ring (bicyclic) bond motifs is 3. The smallest absolute Gasteiger partial charge is 0.219 e. The van der Waals surface area contributed by atoms with Crippen molar-refractivity contribution in [2.24, 2.45) is 4.99 Å². The highest BCUT2D eigenvalue weighted by Gasteiger charge is 2.23. The summed E-state index contributed by atoms with van der Waals surface area (Å²) in [6, 6.07) is 15.3. The number of aromatic amines is 1. The number of ether oxygens (including phenoxy) is 2. The Labute approximate surface area is 224 Å². The van der Waals surface area contributed by atoms with Gasteiger partial charge in [0.05, 0.1) is 24.2 Å². The highest BCUT2D eigenvalue weighted by atomic mass is 19.1. The van der Waals surface area contributed by atoms with Crippen LogP contribution in [0.2, 0.25) is 0 Å². The summed E-state index contributed by atoms with van der Waals surface area (Å²) in [4.78, 5) is 9.70. The summed E-state index contributed by atoms with van der Waals surface area (Å²) in [6.07, 6.45) is 3.86. The van der Waals surface area contributed by atoms with Crippen LogP contribution < -0.4 is 10.4 Å². The van der Waals surface area contributed by atoms with E-state index >= 15 is 0 Å². The molecule has 7 nitrogen and oxygen atoms in total. The van der Waals surface area contributed by atoms with Crippen LogP contribution in [0.4, 0.5) is 8.78 Å². The van der Waals surface area contributed by atoms with E-state index in [2.05, 4.69) is 21.8 Å². The third kappa shape index (κ3) is 4.85. The Hall–Kier alpha value is -4.26. The van der Waals surface area contributed by atoms with Gasteiger partial charge in [-0.2, -0.15) is 5.26 Å². The quantitative estimate of drug-likeness (QED) is 0.379. The zero-order valence-corrected chi connectivity index (χ0v) is 21.5. The monoisotopic (exact) mass is 527 g/mol. The summed E-state index contributed by atoms with van der Waals surface area (Å²) in [5.41, 5.74) is 5.60. The Morgan fingerprint density at radius 2 is 1.95 bits per heavy atom. The number of nitriles is 1. The van der Waals surface area contributed by atoms with E-state index in [1.807, 2.05) is 41.1 Å². The molecule has 0 amide bonds. The first kappa shape index (κ1) is 25.0. The van der Waals surface area contributed by atoms with Crippen LogP contribution in [0.25, 0.3) is 22.7 Å². The van der Waals surface area contributed by atoms with E-state index in [-0.39, 0.29) is 18.5 Å². The number of morpholine rings is 1. The normalized spacial score (nSPS) is 17.8. The third-order valence-corrected chi connectivity index (χ3v) is 7.30. The van der Waals surface area contributed by atoms with E-state index in [9.17, 15) is 14.0 Å². The van der Waals surface area contributed by atoms with Crippen LogP contribution in [-0.2, 0) is 11.3 Å². The average molecular weight is 528 g/mol. The van der Waals surface area contributed by atoms with Crippen molar-refractivity contribution in [2.75, 3.05) is 32.8 Å². The maximum absolute atomic E-state index is 14.8. The lowest BCUT2D eigenvalue weighted by molar-refractivity contribution is 0.0326. The lowest BCUT2D eigenvalue weighted by atomic mass is 9.92.